The molecule has 0 spiro atoms. The molecule has 1 aliphatic rings. The third kappa shape index (κ3) is 5.04. The summed E-state index contributed by atoms with van der Waals surface area (Å²) in [6, 6.07) is 7.71. The largest absolute Gasteiger partial charge is 0.446 e. The minimum atomic E-state index is -0.395. The minimum Gasteiger partial charge on any atom is -0.446 e. The Morgan fingerprint density at radius 3 is 2.70 bits per heavy atom. The highest BCUT2D eigenvalue weighted by Crippen LogP contribution is 2.22. The molecule has 0 aliphatic carbocycles. The molecule has 3 rings (SSSR count). The second-order valence-corrected chi connectivity index (χ2v) is 7.05. The minimum absolute atomic E-state index is 0.00422. The van der Waals surface area contributed by atoms with E-state index in [2.05, 4.69) is 10.3 Å². The summed E-state index contributed by atoms with van der Waals surface area (Å²) < 4.78 is 10.8. The summed E-state index contributed by atoms with van der Waals surface area (Å²) in [5, 5.41) is 11.1. The molecule has 2 heterocycles. The number of amides is 1. The molecule has 144 valence electrons. The fourth-order valence-corrected chi connectivity index (χ4v) is 3.49. The SMILES string of the molecule is Cc1nc(CNC(=O)C(=N)c2ccccc2CCC2CCOCC2)c(C)o1. The number of hydrogen-bond donors (Lipinski definition) is 2. The molecule has 6 nitrogen and oxygen atoms in total. The van der Waals surface area contributed by atoms with E-state index >= 15 is 0 Å². The molecule has 0 saturated carbocycles. The first-order valence-corrected chi connectivity index (χ1v) is 9.50. The van der Waals surface area contributed by atoms with Crippen molar-refractivity contribution in [1.29, 1.82) is 5.41 Å². The molecule has 1 fully saturated rings. The molecule has 6 heteroatoms. The van der Waals surface area contributed by atoms with Crippen molar-refractivity contribution >= 4 is 11.6 Å². The second-order valence-electron chi connectivity index (χ2n) is 7.05. The second kappa shape index (κ2) is 8.95. The van der Waals surface area contributed by atoms with Crippen molar-refractivity contribution in [1.82, 2.24) is 10.3 Å². The van der Waals surface area contributed by atoms with Crippen LogP contribution in [0.15, 0.2) is 28.7 Å². The van der Waals surface area contributed by atoms with Gasteiger partial charge in [0.25, 0.3) is 5.91 Å². The van der Waals surface area contributed by atoms with Crippen LogP contribution >= 0.6 is 0 Å². The molecule has 0 atom stereocenters. The quantitative estimate of drug-likeness (QED) is 0.733. The van der Waals surface area contributed by atoms with Crippen LogP contribution in [0.2, 0.25) is 0 Å². The molecule has 0 unspecified atom stereocenters. The monoisotopic (exact) mass is 369 g/mol. The Labute approximate surface area is 159 Å². The number of oxazole rings is 1. The van der Waals surface area contributed by atoms with Crippen molar-refractivity contribution in [2.75, 3.05) is 13.2 Å². The number of hydrogen-bond acceptors (Lipinski definition) is 5. The van der Waals surface area contributed by atoms with Crippen LogP contribution in [-0.2, 0) is 22.5 Å². The van der Waals surface area contributed by atoms with Gasteiger partial charge in [-0.1, -0.05) is 24.3 Å². The van der Waals surface area contributed by atoms with Crippen LogP contribution < -0.4 is 5.32 Å². The molecule has 1 amide bonds. The zero-order valence-electron chi connectivity index (χ0n) is 16.0. The molecule has 1 aromatic carbocycles. The number of carbonyl (C=O) groups excluding carboxylic acids is 1. The molecule has 1 aliphatic heterocycles. The lowest BCUT2D eigenvalue weighted by Crippen LogP contribution is -2.31. The van der Waals surface area contributed by atoms with Gasteiger partial charge in [0.05, 0.1) is 6.54 Å². The lowest BCUT2D eigenvalue weighted by atomic mass is 9.90. The number of nitrogens with zero attached hydrogens (tertiary/aromatic N) is 1. The lowest BCUT2D eigenvalue weighted by Gasteiger charge is -2.22. The molecule has 1 aromatic heterocycles. The van der Waals surface area contributed by atoms with Gasteiger partial charge in [0.1, 0.15) is 17.2 Å². The summed E-state index contributed by atoms with van der Waals surface area (Å²) in [6.45, 7) is 5.53. The fourth-order valence-electron chi connectivity index (χ4n) is 3.49. The van der Waals surface area contributed by atoms with E-state index in [0.717, 1.165) is 44.5 Å². The Kier molecular flexibility index (Phi) is 6.40. The van der Waals surface area contributed by atoms with Crippen molar-refractivity contribution in [2.45, 2.75) is 46.1 Å². The van der Waals surface area contributed by atoms with E-state index in [9.17, 15) is 4.79 Å². The van der Waals surface area contributed by atoms with Gasteiger partial charge in [0, 0.05) is 25.7 Å². The Balaban J connectivity index is 1.61. The number of nitrogens with one attached hydrogen (secondary N) is 2. The maximum absolute atomic E-state index is 12.5. The highest BCUT2D eigenvalue weighted by Gasteiger charge is 2.18. The summed E-state index contributed by atoms with van der Waals surface area (Å²) in [7, 11) is 0. The lowest BCUT2D eigenvalue weighted by molar-refractivity contribution is -0.115. The van der Waals surface area contributed by atoms with Gasteiger partial charge < -0.3 is 14.5 Å². The molecule has 27 heavy (non-hydrogen) atoms. The van der Waals surface area contributed by atoms with Gasteiger partial charge in [-0.05, 0) is 44.1 Å². The van der Waals surface area contributed by atoms with Gasteiger partial charge >= 0.3 is 0 Å². The van der Waals surface area contributed by atoms with Crippen LogP contribution in [0.25, 0.3) is 0 Å². The Hall–Kier alpha value is -2.47. The van der Waals surface area contributed by atoms with Gasteiger partial charge in [-0.3, -0.25) is 10.2 Å². The van der Waals surface area contributed by atoms with Gasteiger partial charge in [0.2, 0.25) is 0 Å². The van der Waals surface area contributed by atoms with Crippen LogP contribution in [-0.4, -0.2) is 29.8 Å². The topological polar surface area (TPSA) is 88.2 Å². The van der Waals surface area contributed by atoms with Crippen LogP contribution in [0.4, 0.5) is 0 Å². The predicted octanol–water partition coefficient (Wildman–Crippen LogP) is 3.33. The van der Waals surface area contributed by atoms with Crippen LogP contribution in [0.3, 0.4) is 0 Å². The maximum Gasteiger partial charge on any atom is 0.270 e. The molecule has 1 saturated heterocycles. The van der Waals surface area contributed by atoms with Crippen LogP contribution in [0, 0.1) is 25.2 Å². The van der Waals surface area contributed by atoms with E-state index in [1.165, 1.54) is 0 Å². The average molecular weight is 369 g/mol. The highest BCUT2D eigenvalue weighted by molar-refractivity contribution is 6.44. The number of aryl methyl sites for hydroxylation is 3. The summed E-state index contributed by atoms with van der Waals surface area (Å²) in [5.41, 5.74) is 2.45. The normalized spacial score (nSPS) is 14.9. The highest BCUT2D eigenvalue weighted by atomic mass is 16.5. The third-order valence-corrected chi connectivity index (χ3v) is 5.09. The summed E-state index contributed by atoms with van der Waals surface area (Å²) in [5.74, 6) is 1.53. The first-order valence-electron chi connectivity index (χ1n) is 9.50. The van der Waals surface area contributed by atoms with E-state index in [0.29, 0.717) is 28.8 Å². The van der Waals surface area contributed by atoms with Gasteiger partial charge in [-0.15, -0.1) is 0 Å². The Morgan fingerprint density at radius 1 is 1.26 bits per heavy atom. The van der Waals surface area contributed by atoms with Crippen molar-refractivity contribution in [3.63, 3.8) is 0 Å². The summed E-state index contributed by atoms with van der Waals surface area (Å²) in [4.78, 5) is 16.7. The van der Waals surface area contributed by atoms with Crippen LogP contribution in [0.1, 0.15) is 47.7 Å². The number of aromatic nitrogens is 1. The van der Waals surface area contributed by atoms with Crippen molar-refractivity contribution < 1.29 is 13.9 Å². The number of benzene rings is 1. The predicted molar refractivity (Wildman–Crippen MR) is 103 cm³/mol. The van der Waals surface area contributed by atoms with Gasteiger partial charge in [0.15, 0.2) is 5.89 Å². The molecule has 2 N–H and O–H groups in total. The number of rotatable bonds is 7. The smallest absolute Gasteiger partial charge is 0.270 e. The van der Waals surface area contributed by atoms with Crippen molar-refractivity contribution in [3.8, 4) is 0 Å². The molecular formula is C21H27N3O3. The van der Waals surface area contributed by atoms with Gasteiger partial charge in [-0.25, -0.2) is 4.98 Å². The standard InChI is InChI=1S/C21H27N3O3/c1-14-19(24-15(2)27-14)13-23-21(25)20(22)18-6-4-3-5-17(18)8-7-16-9-11-26-12-10-16/h3-6,16,22H,7-13H2,1-2H3,(H,23,25). The summed E-state index contributed by atoms with van der Waals surface area (Å²) >= 11 is 0. The third-order valence-electron chi connectivity index (χ3n) is 5.09. The fraction of sp³-hybridized carbons (Fsp3) is 0.476. The van der Waals surface area contributed by atoms with Crippen molar-refractivity contribution in [2.24, 2.45) is 5.92 Å². The molecular weight excluding hydrogens is 342 g/mol. The van der Waals surface area contributed by atoms with E-state index < -0.39 is 5.91 Å². The summed E-state index contributed by atoms with van der Waals surface area (Å²) in [6.07, 6.45) is 4.12. The first kappa shape index (κ1) is 19.3. The van der Waals surface area contributed by atoms with E-state index in [1.54, 1.807) is 6.92 Å². The molecule has 2 aromatic rings. The Morgan fingerprint density at radius 2 is 2.00 bits per heavy atom. The first-order chi connectivity index (χ1) is 13.0. The Bertz CT molecular complexity index is 807. The van der Waals surface area contributed by atoms with Gasteiger partial charge in [-0.2, -0.15) is 0 Å². The van der Waals surface area contributed by atoms with E-state index in [1.807, 2.05) is 31.2 Å². The molecule has 0 bridgehead atoms. The zero-order valence-corrected chi connectivity index (χ0v) is 16.0. The number of ether oxygens (including phenoxy) is 1. The zero-order chi connectivity index (χ0) is 19.2. The molecule has 0 radical (unpaired) electrons. The van der Waals surface area contributed by atoms with Crippen molar-refractivity contribution in [3.05, 3.63) is 52.7 Å². The maximum atomic E-state index is 12.5. The van der Waals surface area contributed by atoms with E-state index in [-0.39, 0.29) is 12.3 Å². The van der Waals surface area contributed by atoms with E-state index in [4.69, 9.17) is 14.6 Å². The number of carbonyl (C=O) groups is 1. The van der Waals surface area contributed by atoms with Crippen LogP contribution in [0.5, 0.6) is 0 Å². The average Bonchev–Trinajstić information content (AvgIpc) is 3.02.